The second-order valence-corrected chi connectivity index (χ2v) is 4.18. The lowest BCUT2D eigenvalue weighted by Crippen LogP contribution is -2.43. The summed E-state index contributed by atoms with van der Waals surface area (Å²) in [5, 5.41) is 4.19. The maximum absolute atomic E-state index is 5.95. The first-order chi connectivity index (χ1) is 6.70. The van der Waals surface area contributed by atoms with E-state index in [2.05, 4.69) is 12.2 Å². The lowest BCUT2D eigenvalue weighted by molar-refractivity contribution is 0.278. The van der Waals surface area contributed by atoms with Crippen LogP contribution in [0.4, 0.5) is 0 Å². The quantitative estimate of drug-likeness (QED) is 0.813. The van der Waals surface area contributed by atoms with Crippen molar-refractivity contribution < 1.29 is 4.74 Å². The largest absolute Gasteiger partial charge is 0.496 e. The van der Waals surface area contributed by atoms with Crippen molar-refractivity contribution in [2.45, 2.75) is 25.4 Å². The summed E-state index contributed by atoms with van der Waals surface area (Å²) in [6.07, 6.45) is 1.15. The van der Waals surface area contributed by atoms with Crippen molar-refractivity contribution >= 4 is 11.6 Å². The molecule has 0 amide bonds. The van der Waals surface area contributed by atoms with Gasteiger partial charge in [0.1, 0.15) is 5.75 Å². The van der Waals surface area contributed by atoms with Gasteiger partial charge in [-0.15, -0.1) is 0 Å². The third-order valence-corrected chi connectivity index (χ3v) is 2.88. The van der Waals surface area contributed by atoms with E-state index in [-0.39, 0.29) is 0 Å². The van der Waals surface area contributed by atoms with E-state index in [1.54, 1.807) is 7.11 Å². The molecule has 0 saturated carbocycles. The van der Waals surface area contributed by atoms with Gasteiger partial charge in [-0.3, -0.25) is 0 Å². The number of methoxy groups -OCH3 is 1. The van der Waals surface area contributed by atoms with Gasteiger partial charge in [0.15, 0.2) is 0 Å². The number of hydrogen-bond acceptors (Lipinski definition) is 2. The minimum Gasteiger partial charge on any atom is -0.496 e. The number of halogens is 1. The number of benzene rings is 1. The number of nitrogens with one attached hydrogen (secondary N) is 1. The van der Waals surface area contributed by atoms with E-state index in [9.17, 15) is 0 Å². The van der Waals surface area contributed by atoms with Gasteiger partial charge in [-0.1, -0.05) is 11.6 Å². The molecule has 1 N–H and O–H groups in total. The van der Waals surface area contributed by atoms with Crippen LogP contribution in [0.3, 0.4) is 0 Å². The van der Waals surface area contributed by atoms with Gasteiger partial charge in [0.05, 0.1) is 7.11 Å². The van der Waals surface area contributed by atoms with E-state index in [0.717, 1.165) is 22.8 Å². The zero-order chi connectivity index (χ0) is 10.1. The highest BCUT2D eigenvalue weighted by Gasteiger charge is 2.28. The fraction of sp³-hybridized carbons (Fsp3) is 0.455. The highest BCUT2D eigenvalue weighted by Crippen LogP contribution is 2.35. The fourth-order valence-corrected chi connectivity index (χ4v) is 2.05. The molecule has 14 heavy (non-hydrogen) atoms. The monoisotopic (exact) mass is 211 g/mol. The minimum absolute atomic E-state index is 0.402. The zero-order valence-corrected chi connectivity index (χ0v) is 9.14. The SMILES string of the molecule is COc1ccc(Cl)cc1C1CC(C)N1. The van der Waals surface area contributed by atoms with Gasteiger partial charge in [-0.25, -0.2) is 0 Å². The Balaban J connectivity index is 2.26. The molecule has 1 heterocycles. The summed E-state index contributed by atoms with van der Waals surface area (Å²) in [6.45, 7) is 2.17. The first-order valence-electron chi connectivity index (χ1n) is 4.80. The van der Waals surface area contributed by atoms with Gasteiger partial charge in [-0.05, 0) is 31.5 Å². The zero-order valence-electron chi connectivity index (χ0n) is 8.38. The molecule has 1 saturated heterocycles. The molecule has 0 spiro atoms. The summed E-state index contributed by atoms with van der Waals surface area (Å²) in [6, 6.07) is 6.75. The van der Waals surface area contributed by atoms with Crippen LogP contribution in [0.25, 0.3) is 0 Å². The third kappa shape index (κ3) is 1.72. The van der Waals surface area contributed by atoms with Crippen molar-refractivity contribution in [3.8, 4) is 5.75 Å². The van der Waals surface area contributed by atoms with Crippen LogP contribution in [-0.2, 0) is 0 Å². The highest BCUT2D eigenvalue weighted by molar-refractivity contribution is 6.30. The lowest BCUT2D eigenvalue weighted by atomic mass is 9.91. The van der Waals surface area contributed by atoms with Crippen LogP contribution in [0.15, 0.2) is 18.2 Å². The van der Waals surface area contributed by atoms with Crippen LogP contribution in [0.2, 0.25) is 5.02 Å². The molecular weight excluding hydrogens is 198 g/mol. The molecule has 1 aromatic rings. The fourth-order valence-electron chi connectivity index (χ4n) is 1.87. The summed E-state index contributed by atoms with van der Waals surface area (Å²) in [5.41, 5.74) is 1.16. The summed E-state index contributed by atoms with van der Waals surface area (Å²) in [5.74, 6) is 0.916. The van der Waals surface area contributed by atoms with Crippen LogP contribution >= 0.6 is 11.6 Å². The van der Waals surface area contributed by atoms with E-state index < -0.39 is 0 Å². The Kier molecular flexibility index (Phi) is 2.66. The number of ether oxygens (including phenoxy) is 1. The Hall–Kier alpha value is -0.730. The molecule has 2 rings (SSSR count). The molecule has 1 aliphatic heterocycles. The highest BCUT2D eigenvalue weighted by atomic mass is 35.5. The van der Waals surface area contributed by atoms with Crippen molar-refractivity contribution in [2.75, 3.05) is 7.11 Å². The van der Waals surface area contributed by atoms with Gasteiger partial charge in [-0.2, -0.15) is 0 Å². The minimum atomic E-state index is 0.402. The molecule has 3 heteroatoms. The van der Waals surface area contributed by atoms with Crippen molar-refractivity contribution in [3.05, 3.63) is 28.8 Å². The van der Waals surface area contributed by atoms with E-state index in [1.165, 1.54) is 0 Å². The summed E-state index contributed by atoms with van der Waals surface area (Å²) < 4.78 is 5.29. The predicted molar refractivity (Wildman–Crippen MR) is 58.0 cm³/mol. The molecule has 1 fully saturated rings. The average Bonchev–Trinajstić information content (AvgIpc) is 2.13. The van der Waals surface area contributed by atoms with Crippen LogP contribution in [-0.4, -0.2) is 13.2 Å². The Morgan fingerprint density at radius 3 is 2.79 bits per heavy atom. The lowest BCUT2D eigenvalue weighted by Gasteiger charge is -2.36. The Bertz CT molecular complexity index is 334. The maximum atomic E-state index is 5.95. The van der Waals surface area contributed by atoms with Crippen LogP contribution in [0.1, 0.15) is 24.9 Å². The van der Waals surface area contributed by atoms with E-state index >= 15 is 0 Å². The maximum Gasteiger partial charge on any atom is 0.123 e. The van der Waals surface area contributed by atoms with E-state index in [0.29, 0.717) is 12.1 Å². The van der Waals surface area contributed by atoms with E-state index in [1.807, 2.05) is 18.2 Å². The molecule has 2 nitrogen and oxygen atoms in total. The number of hydrogen-bond donors (Lipinski definition) is 1. The molecule has 0 bridgehead atoms. The van der Waals surface area contributed by atoms with Crippen molar-refractivity contribution in [3.63, 3.8) is 0 Å². The van der Waals surface area contributed by atoms with Crippen LogP contribution < -0.4 is 10.1 Å². The molecule has 2 unspecified atom stereocenters. The number of rotatable bonds is 2. The molecule has 0 aliphatic carbocycles. The second-order valence-electron chi connectivity index (χ2n) is 3.74. The molecule has 0 aromatic heterocycles. The summed E-state index contributed by atoms with van der Waals surface area (Å²) in [7, 11) is 1.69. The van der Waals surface area contributed by atoms with Gasteiger partial charge in [0.2, 0.25) is 0 Å². The smallest absolute Gasteiger partial charge is 0.123 e. The molecule has 0 radical (unpaired) electrons. The average molecular weight is 212 g/mol. The second kappa shape index (κ2) is 3.79. The summed E-state index contributed by atoms with van der Waals surface area (Å²) >= 11 is 5.95. The Morgan fingerprint density at radius 1 is 1.50 bits per heavy atom. The Morgan fingerprint density at radius 2 is 2.21 bits per heavy atom. The van der Waals surface area contributed by atoms with Gasteiger partial charge in [0.25, 0.3) is 0 Å². The molecule has 76 valence electrons. The first kappa shape index (κ1) is 9.81. The first-order valence-corrected chi connectivity index (χ1v) is 5.18. The summed E-state index contributed by atoms with van der Waals surface area (Å²) in [4.78, 5) is 0. The topological polar surface area (TPSA) is 21.3 Å². The molecule has 1 aromatic carbocycles. The standard InChI is InChI=1S/C11H14ClNO/c1-7-5-10(13-7)9-6-8(12)3-4-11(9)14-2/h3-4,6-7,10,13H,5H2,1-2H3. The molecule has 2 atom stereocenters. The van der Waals surface area contributed by atoms with Gasteiger partial charge in [0, 0.05) is 22.7 Å². The molecular formula is C11H14ClNO. The van der Waals surface area contributed by atoms with Crippen LogP contribution in [0, 0.1) is 0 Å². The van der Waals surface area contributed by atoms with Gasteiger partial charge < -0.3 is 10.1 Å². The molecule has 1 aliphatic rings. The van der Waals surface area contributed by atoms with E-state index in [4.69, 9.17) is 16.3 Å². The predicted octanol–water partition coefficient (Wildman–Crippen LogP) is 2.77. The van der Waals surface area contributed by atoms with Crippen molar-refractivity contribution in [2.24, 2.45) is 0 Å². The van der Waals surface area contributed by atoms with Crippen molar-refractivity contribution in [1.82, 2.24) is 5.32 Å². The normalized spacial score (nSPS) is 25.6. The third-order valence-electron chi connectivity index (χ3n) is 2.64. The van der Waals surface area contributed by atoms with Crippen molar-refractivity contribution in [1.29, 1.82) is 0 Å². The van der Waals surface area contributed by atoms with Gasteiger partial charge >= 0.3 is 0 Å². The van der Waals surface area contributed by atoms with Crippen LogP contribution in [0.5, 0.6) is 5.75 Å². The Labute approximate surface area is 89.2 Å².